The molecular formula is C94H227N7O36Si12. The summed E-state index contributed by atoms with van der Waals surface area (Å²) in [4.78, 5) is 12.0. The second kappa shape index (κ2) is 99.3. The topological polar surface area (TPSA) is 401 Å². The van der Waals surface area contributed by atoms with Gasteiger partial charge in [0.1, 0.15) is 0 Å². The molecule has 0 fully saturated rings. The Morgan fingerprint density at radius 3 is 0.336 bits per heavy atom. The molecule has 0 radical (unpaired) electrons. The third-order valence-corrected chi connectivity index (χ3v) is 60.3. The molecule has 0 spiro atoms. The molecule has 0 bridgehead atoms. The predicted octanol–water partition coefficient (Wildman–Crippen LogP) is 13.6. The lowest BCUT2D eigenvalue weighted by Gasteiger charge is -2.32. The van der Waals surface area contributed by atoms with Gasteiger partial charge in [0.05, 0.1) is 0 Å². The first-order chi connectivity index (χ1) is 71.7. The van der Waals surface area contributed by atoms with Crippen molar-refractivity contribution in [3.8, 4) is 0 Å². The second-order valence-electron chi connectivity index (χ2n) is 33.8. The van der Waals surface area contributed by atoms with Gasteiger partial charge in [-0.05, 0) is 259 Å². The summed E-state index contributed by atoms with van der Waals surface area (Å²) in [6.07, 6.45) is 13.1. The molecule has 0 aromatic carbocycles. The fourth-order valence-corrected chi connectivity index (χ4v) is 42.2. The molecule has 0 aliphatic heterocycles. The third kappa shape index (κ3) is 68.1. The van der Waals surface area contributed by atoms with Gasteiger partial charge in [-0.2, -0.15) is 0 Å². The lowest BCUT2D eigenvalue weighted by molar-refractivity contribution is 0.0670. The summed E-state index contributed by atoms with van der Waals surface area (Å²) in [6.45, 7) is 57.6. The van der Waals surface area contributed by atoms with Crippen LogP contribution in [0, 0.1) is 0 Å². The van der Waals surface area contributed by atoms with E-state index in [1.54, 1.807) is 149 Å². The summed E-state index contributed by atoms with van der Waals surface area (Å²) >= 11 is 0. The molecule has 0 amide bonds. The lowest BCUT2D eigenvalue weighted by Crippen LogP contribution is -2.47. The van der Waals surface area contributed by atoms with Gasteiger partial charge in [0, 0.05) is 354 Å². The van der Waals surface area contributed by atoms with Crippen LogP contribution in [0.4, 0.5) is 0 Å². The zero-order chi connectivity index (χ0) is 114. The van der Waals surface area contributed by atoms with Crippen molar-refractivity contribution >= 4 is 106 Å². The van der Waals surface area contributed by atoms with Crippen LogP contribution in [-0.2, 0) is 159 Å². The minimum absolute atomic E-state index is 0.591. The Morgan fingerprint density at radius 1 is 0.154 bits per heavy atom. The van der Waals surface area contributed by atoms with E-state index in [0.717, 1.165) is 248 Å². The van der Waals surface area contributed by atoms with Gasteiger partial charge in [-0.25, -0.2) is 0 Å². The summed E-state index contributed by atoms with van der Waals surface area (Å²) in [5.41, 5.74) is 11.6. The van der Waals surface area contributed by atoms with Crippen molar-refractivity contribution in [3.63, 3.8) is 0 Å². The molecule has 0 rings (SSSR count). The van der Waals surface area contributed by atoms with Crippen molar-refractivity contribution in [3.05, 3.63) is 12.7 Å². The molecule has 0 aliphatic carbocycles. The number of hydrogen-bond acceptors (Lipinski definition) is 43. The van der Waals surface area contributed by atoms with Crippen LogP contribution in [0.1, 0.15) is 181 Å². The van der Waals surface area contributed by atoms with Crippen molar-refractivity contribution in [1.82, 2.24) is 24.5 Å². The van der Waals surface area contributed by atoms with Crippen molar-refractivity contribution < 1.29 is 159 Å². The summed E-state index contributed by atoms with van der Waals surface area (Å²) < 4.78 is 206. The molecule has 0 saturated heterocycles. The monoisotopic (exact) mass is 2370 g/mol. The quantitative estimate of drug-likeness (QED) is 0.0422. The number of rotatable bonds is 105. The van der Waals surface area contributed by atoms with Gasteiger partial charge in [0.25, 0.3) is 0 Å². The maximum atomic E-state index is 6.09. The minimum Gasteiger partial charge on any atom is -0.377 e. The first-order valence-corrected chi connectivity index (χ1v) is 77.7. The van der Waals surface area contributed by atoms with E-state index in [-0.39, 0.29) is 0 Å². The molecule has 0 aromatic heterocycles. The van der Waals surface area contributed by atoms with E-state index in [4.69, 9.17) is 171 Å². The molecule has 902 valence electrons. The van der Waals surface area contributed by atoms with Crippen LogP contribution in [0.3, 0.4) is 0 Å². The highest BCUT2D eigenvalue weighted by Gasteiger charge is 2.48. The number of nitrogens with zero attached hydrogens (tertiary/aromatic N) is 5. The Kier molecular flexibility index (Phi) is 105. The van der Waals surface area contributed by atoms with Crippen LogP contribution in [0.25, 0.3) is 0 Å². The van der Waals surface area contributed by atoms with Crippen LogP contribution in [-0.4, -0.2) is 490 Å². The van der Waals surface area contributed by atoms with Crippen LogP contribution < -0.4 is 11.5 Å². The van der Waals surface area contributed by atoms with Crippen LogP contribution in [0.15, 0.2) is 12.7 Å². The zero-order valence-corrected chi connectivity index (χ0v) is 113. The minimum atomic E-state index is -2.68. The molecule has 0 aliphatic rings. The highest BCUT2D eigenvalue weighted by Crippen LogP contribution is 2.29. The average molecular weight is 2370 g/mol. The predicted molar refractivity (Wildman–Crippen MR) is 614 cm³/mol. The molecular weight excluding hydrogens is 2140 g/mol. The van der Waals surface area contributed by atoms with E-state index >= 15 is 0 Å². The maximum Gasteiger partial charge on any atom is 0.500 e. The van der Waals surface area contributed by atoms with E-state index in [1.807, 2.05) is 110 Å². The van der Waals surface area contributed by atoms with Gasteiger partial charge in [-0.15, -0.1) is 6.58 Å². The van der Waals surface area contributed by atoms with E-state index in [9.17, 15) is 0 Å². The normalized spacial score (nSPS) is 13.0. The summed E-state index contributed by atoms with van der Waals surface area (Å²) in [7, 11) is 3.58. The van der Waals surface area contributed by atoms with Gasteiger partial charge < -0.3 is 190 Å². The Hall–Kier alpha value is 0.623. The number of nitrogens with two attached hydrogens (primary N) is 2. The van der Waals surface area contributed by atoms with Gasteiger partial charge in [-0.3, -0.25) is 4.90 Å². The molecule has 4 N–H and O–H groups in total. The Bertz CT molecular complexity index is 2520. The third-order valence-electron chi connectivity index (χ3n) is 24.8. The second-order valence-corrected chi connectivity index (χ2v) is 69.0. The van der Waals surface area contributed by atoms with E-state index in [2.05, 4.69) is 31.1 Å². The van der Waals surface area contributed by atoms with Gasteiger partial charge in [0.15, 0.2) is 0 Å². The molecule has 0 atom stereocenters. The maximum absolute atomic E-state index is 6.09. The van der Waals surface area contributed by atoms with Crippen molar-refractivity contribution in [2.24, 2.45) is 11.5 Å². The largest absolute Gasteiger partial charge is 0.500 e. The highest BCUT2D eigenvalue weighted by atomic mass is 28.4. The standard InChI is InChI=1S/C27H63NO9Si3.C20H48N2O6Si2.C18H45NO9Si3.C15H35NO6Si2.C14H36N2O6Si2/c1-10-29-38(30-11-2,31-12-3)25-19-22-28(23-20-26-39(32-13-4,33-14-5)34-15-6)24-21-27-40(35-16-7,36-17-8)37-18-9;1-7-23-29(24-8-2,25-9-3)19-13-16-22(18-15-21)17-14-20-30(26-10-4,27-11-5)28-12-6;1-20-29(21-2,22-3)16-10-13-19(14-11-17-30(23-4,24-5)25-6)15-12-18-31(26-7,27-8)28-9;1-8-11-16(12-9-14-23(17-2,18-3)19-4)13-10-15-24(20-5,21-6)22-7;1-17-23(18-2,19-3)13-7-10-16(12-9-15)11-8-14-24(20-4,21-5)22-6/h10-27H2,1-9H3;7-21H2,1-6H3;10-18H2,1-9H3;8H,1,9-15H2,2-7H3;7-15H2,1-6H3. The van der Waals surface area contributed by atoms with Crippen LogP contribution in [0.5, 0.6) is 0 Å². The first-order valence-electron chi connectivity index (χ1n) is 54.5. The van der Waals surface area contributed by atoms with Gasteiger partial charge in [-0.1, -0.05) is 6.08 Å². The molecule has 0 heterocycles. The molecule has 0 saturated carbocycles. The van der Waals surface area contributed by atoms with Crippen molar-refractivity contribution in [2.45, 2.75) is 253 Å². The number of hydrogen-bond donors (Lipinski definition) is 2. The highest BCUT2D eigenvalue weighted by molar-refractivity contribution is 6.64. The molecule has 0 unspecified atom stereocenters. The van der Waals surface area contributed by atoms with Crippen molar-refractivity contribution in [1.29, 1.82) is 0 Å². The lowest BCUT2D eigenvalue weighted by atomic mass is 10.3. The molecule has 55 heteroatoms. The van der Waals surface area contributed by atoms with Crippen LogP contribution in [0.2, 0.25) is 72.5 Å². The van der Waals surface area contributed by atoms with Gasteiger partial charge in [0.2, 0.25) is 0 Å². The summed E-state index contributed by atoms with van der Waals surface area (Å²) in [6, 6.07) is 9.44. The first kappa shape index (κ1) is 158. The fraction of sp³-hybridized carbons (Fsp3) is 0.979. The van der Waals surface area contributed by atoms with E-state index in [0.29, 0.717) is 112 Å². The Labute approximate surface area is 921 Å². The SMILES string of the molecule is C=CCN(CCC[Si](OC)(OC)OC)CCC[Si](OC)(OC)OC.CCO[Si](CCCN(CCC[Si](OCC)(OCC)OCC)CCC[Si](OCC)(OCC)OCC)(OCC)OCC.CCO[Si](CCCN(CCN)CCC[Si](OCC)(OCC)OCC)(OCC)OCC.CO[Si](CCCN(CCC[Si](OC)(OC)OC)CCC[Si](OC)(OC)OC)(OC)OC.CO[Si](CCCN(CCN)CCC[Si](OC)(OC)OC)(OC)OC. The van der Waals surface area contributed by atoms with Crippen LogP contribution >= 0.6 is 0 Å². The molecule has 149 heavy (non-hydrogen) atoms. The fourth-order valence-electron chi connectivity index (χ4n) is 17.3. The molecule has 0 aromatic rings. The Balaban J connectivity index is -0.000000587. The van der Waals surface area contributed by atoms with E-state index < -0.39 is 106 Å². The zero-order valence-electron chi connectivity index (χ0n) is 101. The Morgan fingerprint density at radius 2 is 0.248 bits per heavy atom. The molecule has 43 nitrogen and oxygen atoms in total. The van der Waals surface area contributed by atoms with Gasteiger partial charge >= 0.3 is 106 Å². The summed E-state index contributed by atoms with van der Waals surface area (Å²) in [5.74, 6) is 0. The smallest absolute Gasteiger partial charge is 0.377 e. The van der Waals surface area contributed by atoms with Crippen molar-refractivity contribution in [2.75, 3.05) is 360 Å². The summed E-state index contributed by atoms with van der Waals surface area (Å²) in [5, 5.41) is 0. The average Bonchev–Trinajstić information content (AvgIpc) is 0.872. The van der Waals surface area contributed by atoms with E-state index in [1.165, 1.54) is 0 Å².